The molecule has 1 N–H and O–H groups in total. The van der Waals surface area contributed by atoms with Crippen LogP contribution in [0.5, 0.6) is 0 Å². The predicted octanol–water partition coefficient (Wildman–Crippen LogP) is 3.81. The van der Waals surface area contributed by atoms with E-state index in [9.17, 15) is 0 Å². The average Bonchev–Trinajstić information content (AvgIpc) is 3.09. The molecule has 0 aromatic carbocycles. The lowest BCUT2D eigenvalue weighted by Crippen LogP contribution is -2.51. The Labute approximate surface area is 125 Å². The van der Waals surface area contributed by atoms with Crippen LogP contribution >= 0.6 is 0 Å². The molecule has 0 amide bonds. The maximum atomic E-state index is 4.02. The molecule has 20 heavy (non-hydrogen) atoms. The molecule has 1 heterocycles. The number of nitrogens with zero attached hydrogens (tertiary/aromatic N) is 1. The third-order valence-electron chi connectivity index (χ3n) is 5.62. The number of nitrogens with one attached hydrogen (secondary N) is 1. The van der Waals surface area contributed by atoms with Crippen molar-refractivity contribution in [2.75, 3.05) is 13.1 Å². The third-order valence-corrected chi connectivity index (χ3v) is 5.62. The molecular formula is C18H34N2. The standard InChI is InChI=1S/C18H34N2/c1-17(2)11-15(12-18(3,4)13-17)19-14-7-9-20(10-8-14)16-5-6-16/h14-16,19H,5-13H2,1-4H3. The van der Waals surface area contributed by atoms with Gasteiger partial charge in [0.1, 0.15) is 0 Å². The highest BCUT2D eigenvalue weighted by Gasteiger charge is 2.39. The Balaban J connectivity index is 1.50. The van der Waals surface area contributed by atoms with Crippen LogP contribution in [-0.2, 0) is 0 Å². The third kappa shape index (κ3) is 3.76. The second-order valence-corrected chi connectivity index (χ2v) is 9.32. The van der Waals surface area contributed by atoms with Crippen LogP contribution in [0.25, 0.3) is 0 Å². The summed E-state index contributed by atoms with van der Waals surface area (Å²) in [5.74, 6) is 0. The molecule has 2 heteroatoms. The fourth-order valence-electron chi connectivity index (χ4n) is 5.17. The molecule has 0 aromatic heterocycles. The Morgan fingerprint density at radius 1 is 0.800 bits per heavy atom. The van der Waals surface area contributed by atoms with Crippen LogP contribution in [0.2, 0.25) is 0 Å². The topological polar surface area (TPSA) is 15.3 Å². The zero-order valence-corrected chi connectivity index (χ0v) is 14.0. The number of likely N-dealkylation sites (tertiary alicyclic amines) is 1. The highest BCUT2D eigenvalue weighted by Crippen LogP contribution is 2.45. The first-order chi connectivity index (χ1) is 9.33. The molecule has 0 atom stereocenters. The molecule has 3 rings (SSSR count). The van der Waals surface area contributed by atoms with E-state index in [4.69, 9.17) is 0 Å². The van der Waals surface area contributed by atoms with Crippen LogP contribution in [0.4, 0.5) is 0 Å². The van der Waals surface area contributed by atoms with E-state index in [0.717, 1.165) is 18.1 Å². The summed E-state index contributed by atoms with van der Waals surface area (Å²) < 4.78 is 0. The van der Waals surface area contributed by atoms with Crippen LogP contribution in [0, 0.1) is 10.8 Å². The molecule has 1 aliphatic heterocycles. The van der Waals surface area contributed by atoms with E-state index in [2.05, 4.69) is 37.9 Å². The van der Waals surface area contributed by atoms with Gasteiger partial charge in [0, 0.05) is 18.1 Å². The van der Waals surface area contributed by atoms with Crippen LogP contribution in [0.1, 0.15) is 72.6 Å². The summed E-state index contributed by atoms with van der Waals surface area (Å²) in [6.45, 7) is 12.5. The Morgan fingerprint density at radius 2 is 1.35 bits per heavy atom. The molecule has 0 spiro atoms. The monoisotopic (exact) mass is 278 g/mol. The maximum absolute atomic E-state index is 4.02. The fraction of sp³-hybridized carbons (Fsp3) is 1.00. The lowest BCUT2D eigenvalue weighted by atomic mass is 9.63. The molecule has 0 bridgehead atoms. The number of hydrogen-bond donors (Lipinski definition) is 1. The van der Waals surface area contributed by atoms with Crippen molar-refractivity contribution in [2.45, 2.75) is 90.8 Å². The summed E-state index contributed by atoms with van der Waals surface area (Å²) in [5, 5.41) is 4.02. The van der Waals surface area contributed by atoms with Gasteiger partial charge in [-0.15, -0.1) is 0 Å². The van der Waals surface area contributed by atoms with Crippen molar-refractivity contribution in [3.63, 3.8) is 0 Å². The molecule has 116 valence electrons. The minimum atomic E-state index is 0.508. The first-order valence-electron chi connectivity index (χ1n) is 8.83. The van der Waals surface area contributed by atoms with Crippen LogP contribution < -0.4 is 5.32 Å². The minimum Gasteiger partial charge on any atom is -0.311 e. The molecule has 2 aliphatic carbocycles. The van der Waals surface area contributed by atoms with E-state index in [1.807, 2.05) is 0 Å². The molecule has 1 saturated heterocycles. The van der Waals surface area contributed by atoms with Crippen molar-refractivity contribution in [3.05, 3.63) is 0 Å². The van der Waals surface area contributed by atoms with Gasteiger partial charge in [0.05, 0.1) is 0 Å². The number of rotatable bonds is 3. The summed E-state index contributed by atoms with van der Waals surface area (Å²) in [5.41, 5.74) is 1.02. The van der Waals surface area contributed by atoms with Gasteiger partial charge in [-0.3, -0.25) is 0 Å². The van der Waals surface area contributed by atoms with Crippen molar-refractivity contribution < 1.29 is 0 Å². The SMILES string of the molecule is CC1(C)CC(NC2CCN(C3CC3)CC2)CC(C)(C)C1. The number of hydrogen-bond acceptors (Lipinski definition) is 2. The molecule has 3 fully saturated rings. The Bertz CT molecular complexity index is 319. The molecule has 2 saturated carbocycles. The second kappa shape index (κ2) is 5.28. The van der Waals surface area contributed by atoms with E-state index >= 15 is 0 Å². The molecule has 2 nitrogen and oxygen atoms in total. The summed E-state index contributed by atoms with van der Waals surface area (Å²) in [6, 6.07) is 2.48. The zero-order chi connectivity index (χ0) is 14.4. The summed E-state index contributed by atoms with van der Waals surface area (Å²) >= 11 is 0. The highest BCUT2D eigenvalue weighted by atomic mass is 15.2. The quantitative estimate of drug-likeness (QED) is 0.844. The fourth-order valence-corrected chi connectivity index (χ4v) is 5.17. The molecule has 0 radical (unpaired) electrons. The molecule has 0 unspecified atom stereocenters. The van der Waals surface area contributed by atoms with Crippen molar-refractivity contribution >= 4 is 0 Å². The summed E-state index contributed by atoms with van der Waals surface area (Å²) in [7, 11) is 0. The van der Waals surface area contributed by atoms with Gasteiger partial charge in [-0.25, -0.2) is 0 Å². The predicted molar refractivity (Wildman–Crippen MR) is 86.0 cm³/mol. The Hall–Kier alpha value is -0.0800. The second-order valence-electron chi connectivity index (χ2n) is 9.32. The molecule has 0 aromatic rings. The van der Waals surface area contributed by atoms with Gasteiger partial charge in [0.25, 0.3) is 0 Å². The zero-order valence-electron chi connectivity index (χ0n) is 14.0. The Morgan fingerprint density at radius 3 is 1.85 bits per heavy atom. The van der Waals surface area contributed by atoms with Crippen molar-refractivity contribution in [1.29, 1.82) is 0 Å². The van der Waals surface area contributed by atoms with E-state index in [0.29, 0.717) is 10.8 Å². The van der Waals surface area contributed by atoms with E-state index < -0.39 is 0 Å². The maximum Gasteiger partial charge on any atom is 0.00964 e. The van der Waals surface area contributed by atoms with Gasteiger partial charge in [0.15, 0.2) is 0 Å². The first kappa shape index (κ1) is 14.8. The lowest BCUT2D eigenvalue weighted by Gasteiger charge is -2.47. The van der Waals surface area contributed by atoms with Crippen molar-refractivity contribution in [3.8, 4) is 0 Å². The normalized spacial score (nSPS) is 32.4. The van der Waals surface area contributed by atoms with E-state index in [1.165, 1.54) is 58.0 Å². The van der Waals surface area contributed by atoms with Gasteiger partial charge in [-0.2, -0.15) is 0 Å². The molecule has 3 aliphatic rings. The van der Waals surface area contributed by atoms with Crippen LogP contribution in [-0.4, -0.2) is 36.1 Å². The van der Waals surface area contributed by atoms with Crippen molar-refractivity contribution in [1.82, 2.24) is 10.2 Å². The Kier molecular flexibility index (Phi) is 3.92. The van der Waals surface area contributed by atoms with Gasteiger partial charge >= 0.3 is 0 Å². The number of piperidine rings is 1. The molecular weight excluding hydrogens is 244 g/mol. The highest BCUT2D eigenvalue weighted by molar-refractivity contribution is 4.95. The smallest absolute Gasteiger partial charge is 0.00964 e. The van der Waals surface area contributed by atoms with E-state index in [-0.39, 0.29) is 0 Å². The largest absolute Gasteiger partial charge is 0.311 e. The van der Waals surface area contributed by atoms with Gasteiger partial charge < -0.3 is 10.2 Å². The first-order valence-corrected chi connectivity index (χ1v) is 8.83. The summed E-state index contributed by atoms with van der Waals surface area (Å²) in [4.78, 5) is 2.73. The average molecular weight is 278 g/mol. The lowest BCUT2D eigenvalue weighted by molar-refractivity contribution is 0.0731. The van der Waals surface area contributed by atoms with Gasteiger partial charge in [-0.05, 0) is 68.9 Å². The summed E-state index contributed by atoms with van der Waals surface area (Å²) in [6.07, 6.45) is 9.75. The van der Waals surface area contributed by atoms with Gasteiger partial charge in [0.2, 0.25) is 0 Å². The van der Waals surface area contributed by atoms with Crippen molar-refractivity contribution in [2.24, 2.45) is 10.8 Å². The minimum absolute atomic E-state index is 0.508. The van der Waals surface area contributed by atoms with E-state index in [1.54, 1.807) is 0 Å². The van der Waals surface area contributed by atoms with Crippen LogP contribution in [0.15, 0.2) is 0 Å². The van der Waals surface area contributed by atoms with Crippen LogP contribution in [0.3, 0.4) is 0 Å². The van der Waals surface area contributed by atoms with Gasteiger partial charge in [-0.1, -0.05) is 27.7 Å².